The van der Waals surface area contributed by atoms with Gasteiger partial charge in [-0.05, 0) is 18.6 Å². The van der Waals surface area contributed by atoms with Crippen LogP contribution in [-0.4, -0.2) is 16.6 Å². The van der Waals surface area contributed by atoms with Crippen LogP contribution in [0.15, 0.2) is 0 Å². The first-order chi connectivity index (χ1) is 6.50. The van der Waals surface area contributed by atoms with Crippen LogP contribution in [0.3, 0.4) is 0 Å². The van der Waals surface area contributed by atoms with E-state index in [2.05, 4.69) is 41.6 Å². The first-order valence-corrected chi connectivity index (χ1v) is 5.24. The molecule has 1 unspecified atom stereocenters. The second-order valence-corrected chi connectivity index (χ2v) is 4.91. The minimum absolute atomic E-state index is 0.00567. The second kappa shape index (κ2) is 4.07. The summed E-state index contributed by atoms with van der Waals surface area (Å²) in [4.78, 5) is 1.04. The van der Waals surface area contributed by atoms with E-state index in [1.165, 1.54) is 11.5 Å². The Balaban J connectivity index is 3.11. The highest BCUT2D eigenvalue weighted by molar-refractivity contribution is 7.05. The summed E-state index contributed by atoms with van der Waals surface area (Å²) in [6.07, 6.45) is 5.43. The van der Waals surface area contributed by atoms with E-state index in [4.69, 9.17) is 6.42 Å². The van der Waals surface area contributed by atoms with Crippen molar-refractivity contribution in [1.29, 1.82) is 0 Å². The van der Waals surface area contributed by atoms with E-state index in [0.717, 1.165) is 10.6 Å². The molecule has 0 aliphatic rings. The Morgan fingerprint density at radius 2 is 2.14 bits per heavy atom. The van der Waals surface area contributed by atoms with Crippen LogP contribution in [0.25, 0.3) is 0 Å². The molecule has 0 saturated heterocycles. The van der Waals surface area contributed by atoms with E-state index >= 15 is 0 Å². The fraction of sp³-hybridized carbons (Fsp3) is 0.600. The lowest BCUT2D eigenvalue weighted by atomic mass is 9.90. The Kier molecular flexibility index (Phi) is 3.25. The van der Waals surface area contributed by atoms with Crippen LogP contribution < -0.4 is 5.32 Å². The number of rotatable bonds is 2. The van der Waals surface area contributed by atoms with Crippen LogP contribution in [0, 0.1) is 12.3 Å². The lowest BCUT2D eigenvalue weighted by Crippen LogP contribution is -2.20. The Morgan fingerprint density at radius 1 is 1.50 bits per heavy atom. The van der Waals surface area contributed by atoms with Crippen molar-refractivity contribution in [2.75, 3.05) is 7.05 Å². The number of nitrogens with one attached hydrogen (secondary N) is 1. The summed E-state index contributed by atoms with van der Waals surface area (Å²) in [6, 6.07) is -0.0794. The fourth-order valence-electron chi connectivity index (χ4n) is 1.20. The van der Waals surface area contributed by atoms with Gasteiger partial charge in [0.15, 0.2) is 0 Å². The Hall–Kier alpha value is -0.920. The number of nitrogens with zero attached hydrogens (tertiary/aromatic N) is 2. The molecule has 0 aliphatic carbocycles. The highest BCUT2D eigenvalue weighted by atomic mass is 32.1. The molecular formula is C10H15N3S. The van der Waals surface area contributed by atoms with E-state index in [1.54, 1.807) is 0 Å². The maximum atomic E-state index is 5.43. The zero-order valence-corrected chi connectivity index (χ0v) is 9.77. The molecule has 1 atom stereocenters. The van der Waals surface area contributed by atoms with E-state index in [1.807, 2.05) is 7.05 Å². The number of aromatic nitrogens is 2. The van der Waals surface area contributed by atoms with Gasteiger partial charge in [-0.3, -0.25) is 0 Å². The van der Waals surface area contributed by atoms with Crippen LogP contribution >= 0.6 is 11.5 Å². The zero-order chi connectivity index (χ0) is 10.8. The average Bonchev–Trinajstić information content (AvgIpc) is 2.54. The standard InChI is InChI=1S/C10H15N3S/c1-6-7(11-5)8-9(10(2,3)4)12-13-14-8/h1,7,11H,2-5H3. The SMILES string of the molecule is C#CC(NC)c1snnc1C(C)(C)C. The summed E-state index contributed by atoms with van der Waals surface area (Å²) in [5, 5.41) is 7.20. The molecule has 0 saturated carbocycles. The minimum Gasteiger partial charge on any atom is -0.302 e. The normalized spacial score (nSPS) is 13.6. The van der Waals surface area contributed by atoms with E-state index in [9.17, 15) is 0 Å². The van der Waals surface area contributed by atoms with Crippen molar-refractivity contribution in [3.05, 3.63) is 10.6 Å². The molecule has 1 aromatic heterocycles. The average molecular weight is 209 g/mol. The Labute approximate surface area is 89.1 Å². The van der Waals surface area contributed by atoms with Crippen molar-refractivity contribution in [2.24, 2.45) is 0 Å². The van der Waals surface area contributed by atoms with E-state index in [-0.39, 0.29) is 11.5 Å². The van der Waals surface area contributed by atoms with Gasteiger partial charge in [0, 0.05) is 5.41 Å². The molecule has 0 radical (unpaired) electrons. The van der Waals surface area contributed by atoms with Crippen LogP contribution in [0.4, 0.5) is 0 Å². The topological polar surface area (TPSA) is 37.8 Å². The first-order valence-electron chi connectivity index (χ1n) is 4.47. The van der Waals surface area contributed by atoms with E-state index in [0.29, 0.717) is 0 Å². The molecule has 1 rings (SSSR count). The lowest BCUT2D eigenvalue weighted by Gasteiger charge is -2.18. The van der Waals surface area contributed by atoms with Crippen molar-refractivity contribution < 1.29 is 0 Å². The Morgan fingerprint density at radius 3 is 2.57 bits per heavy atom. The molecule has 0 bridgehead atoms. The predicted molar refractivity (Wildman–Crippen MR) is 59.2 cm³/mol. The third-order valence-electron chi connectivity index (χ3n) is 1.94. The quantitative estimate of drug-likeness (QED) is 0.754. The van der Waals surface area contributed by atoms with Crippen molar-refractivity contribution in [3.8, 4) is 12.3 Å². The molecule has 76 valence electrons. The van der Waals surface area contributed by atoms with Crippen molar-refractivity contribution >= 4 is 11.5 Å². The monoisotopic (exact) mass is 209 g/mol. The van der Waals surface area contributed by atoms with Gasteiger partial charge in [0.25, 0.3) is 0 Å². The second-order valence-electron chi connectivity index (χ2n) is 4.12. The highest BCUT2D eigenvalue weighted by Gasteiger charge is 2.25. The van der Waals surface area contributed by atoms with Crippen molar-refractivity contribution in [3.63, 3.8) is 0 Å². The Bertz CT molecular complexity index is 343. The van der Waals surface area contributed by atoms with Gasteiger partial charge in [-0.2, -0.15) is 0 Å². The van der Waals surface area contributed by atoms with Gasteiger partial charge in [0.05, 0.1) is 10.6 Å². The van der Waals surface area contributed by atoms with Gasteiger partial charge < -0.3 is 5.32 Å². The summed E-state index contributed by atoms with van der Waals surface area (Å²) in [5.74, 6) is 2.69. The smallest absolute Gasteiger partial charge is 0.107 e. The van der Waals surface area contributed by atoms with Crippen molar-refractivity contribution in [1.82, 2.24) is 14.9 Å². The molecule has 0 aromatic carbocycles. The molecule has 0 aliphatic heterocycles. The molecular weight excluding hydrogens is 194 g/mol. The molecule has 14 heavy (non-hydrogen) atoms. The maximum absolute atomic E-state index is 5.43. The largest absolute Gasteiger partial charge is 0.302 e. The van der Waals surface area contributed by atoms with Gasteiger partial charge >= 0.3 is 0 Å². The summed E-state index contributed by atoms with van der Waals surface area (Å²) < 4.78 is 3.96. The van der Waals surface area contributed by atoms with Gasteiger partial charge in [0.2, 0.25) is 0 Å². The molecule has 3 nitrogen and oxygen atoms in total. The third kappa shape index (κ3) is 2.11. The number of hydrogen-bond donors (Lipinski definition) is 1. The van der Waals surface area contributed by atoms with Gasteiger partial charge in [-0.1, -0.05) is 31.2 Å². The van der Waals surface area contributed by atoms with E-state index < -0.39 is 0 Å². The molecule has 0 spiro atoms. The summed E-state index contributed by atoms with van der Waals surface area (Å²) in [7, 11) is 1.84. The molecule has 1 N–H and O–H groups in total. The van der Waals surface area contributed by atoms with Crippen LogP contribution in [-0.2, 0) is 5.41 Å². The summed E-state index contributed by atoms with van der Waals surface area (Å²) in [5.41, 5.74) is 0.980. The highest BCUT2D eigenvalue weighted by Crippen LogP contribution is 2.29. The van der Waals surface area contributed by atoms with Gasteiger partial charge in [-0.15, -0.1) is 11.5 Å². The molecule has 0 amide bonds. The van der Waals surface area contributed by atoms with Crippen molar-refractivity contribution in [2.45, 2.75) is 32.2 Å². The van der Waals surface area contributed by atoms with Crippen LogP contribution in [0.1, 0.15) is 37.4 Å². The summed E-state index contributed by atoms with van der Waals surface area (Å²) >= 11 is 1.37. The molecule has 1 heterocycles. The first kappa shape index (κ1) is 11.2. The molecule has 0 fully saturated rings. The predicted octanol–water partition coefficient (Wildman–Crippen LogP) is 1.73. The zero-order valence-electron chi connectivity index (χ0n) is 8.96. The van der Waals surface area contributed by atoms with Crippen LogP contribution in [0.2, 0.25) is 0 Å². The summed E-state index contributed by atoms with van der Waals surface area (Å²) in [6.45, 7) is 6.32. The number of hydrogen-bond acceptors (Lipinski definition) is 4. The van der Waals surface area contributed by atoms with Gasteiger partial charge in [0.1, 0.15) is 6.04 Å². The maximum Gasteiger partial charge on any atom is 0.107 e. The number of terminal acetylenes is 1. The van der Waals surface area contributed by atoms with Crippen LogP contribution in [0.5, 0.6) is 0 Å². The third-order valence-corrected chi connectivity index (χ3v) is 2.73. The fourth-order valence-corrected chi connectivity index (χ4v) is 2.13. The molecule has 1 aromatic rings. The van der Waals surface area contributed by atoms with Gasteiger partial charge in [-0.25, -0.2) is 0 Å². The molecule has 4 heteroatoms. The minimum atomic E-state index is -0.0794. The lowest BCUT2D eigenvalue weighted by molar-refractivity contribution is 0.553.